The number of rotatable bonds is 8. The number of aliphatic carboxylic acids is 1. The summed E-state index contributed by atoms with van der Waals surface area (Å²) < 4.78 is 0. The van der Waals surface area contributed by atoms with E-state index in [1.54, 1.807) is 0 Å². The van der Waals surface area contributed by atoms with Gasteiger partial charge in [-0.15, -0.1) is 0 Å². The van der Waals surface area contributed by atoms with Gasteiger partial charge >= 0.3 is 5.97 Å². The zero-order valence-corrected chi connectivity index (χ0v) is 11.0. The molecule has 0 aromatic carbocycles. The maximum Gasteiger partial charge on any atom is 0.329 e. The molecule has 100 valence electrons. The SMILES string of the molecule is CCCC(N)CC(=O)NC(C)(CCC)C(=O)O. The van der Waals surface area contributed by atoms with Crippen molar-refractivity contribution in [2.24, 2.45) is 5.73 Å². The topological polar surface area (TPSA) is 92.4 Å². The van der Waals surface area contributed by atoms with Crippen LogP contribution in [0.4, 0.5) is 0 Å². The van der Waals surface area contributed by atoms with Crippen molar-refractivity contribution in [3.05, 3.63) is 0 Å². The molecule has 2 unspecified atom stereocenters. The number of nitrogens with two attached hydrogens (primary N) is 1. The van der Waals surface area contributed by atoms with E-state index in [0.29, 0.717) is 12.8 Å². The van der Waals surface area contributed by atoms with Crippen LogP contribution in [0.5, 0.6) is 0 Å². The molecule has 0 radical (unpaired) electrons. The van der Waals surface area contributed by atoms with Crippen molar-refractivity contribution in [2.45, 2.75) is 64.5 Å². The predicted molar refractivity (Wildman–Crippen MR) is 66.6 cm³/mol. The number of nitrogens with one attached hydrogen (secondary N) is 1. The maximum absolute atomic E-state index is 11.7. The van der Waals surface area contributed by atoms with Gasteiger partial charge in [0.2, 0.25) is 5.91 Å². The lowest BCUT2D eigenvalue weighted by Gasteiger charge is -2.26. The molecular weight excluding hydrogens is 220 g/mol. The molecule has 0 saturated heterocycles. The summed E-state index contributed by atoms with van der Waals surface area (Å²) in [5.41, 5.74) is 4.56. The molecule has 0 aliphatic rings. The third-order valence-electron chi connectivity index (χ3n) is 2.74. The molecule has 0 heterocycles. The van der Waals surface area contributed by atoms with Gasteiger partial charge in [0.15, 0.2) is 0 Å². The molecule has 1 amide bonds. The number of hydrogen-bond donors (Lipinski definition) is 3. The summed E-state index contributed by atoms with van der Waals surface area (Å²) in [7, 11) is 0. The quantitative estimate of drug-likeness (QED) is 0.599. The Morgan fingerprint density at radius 2 is 1.94 bits per heavy atom. The molecule has 17 heavy (non-hydrogen) atoms. The Bertz CT molecular complexity index is 268. The fourth-order valence-corrected chi connectivity index (χ4v) is 1.79. The highest BCUT2D eigenvalue weighted by Gasteiger charge is 2.33. The van der Waals surface area contributed by atoms with Gasteiger partial charge in [-0.05, 0) is 19.8 Å². The van der Waals surface area contributed by atoms with Crippen LogP contribution in [-0.2, 0) is 9.59 Å². The standard InChI is InChI=1S/C12H24N2O3/c1-4-6-9(13)8-10(15)14-12(3,7-5-2)11(16)17/h9H,4-8,13H2,1-3H3,(H,14,15)(H,16,17). The van der Waals surface area contributed by atoms with Crippen LogP contribution in [0.15, 0.2) is 0 Å². The maximum atomic E-state index is 11.7. The molecule has 0 aliphatic carbocycles. The van der Waals surface area contributed by atoms with Crippen LogP contribution < -0.4 is 11.1 Å². The Morgan fingerprint density at radius 3 is 2.35 bits per heavy atom. The smallest absolute Gasteiger partial charge is 0.329 e. The molecular formula is C12H24N2O3. The Hall–Kier alpha value is -1.10. The summed E-state index contributed by atoms with van der Waals surface area (Å²) in [6.07, 6.45) is 2.98. The average Bonchev–Trinajstić information content (AvgIpc) is 2.17. The summed E-state index contributed by atoms with van der Waals surface area (Å²) in [6.45, 7) is 5.41. The van der Waals surface area contributed by atoms with Crippen LogP contribution >= 0.6 is 0 Å². The van der Waals surface area contributed by atoms with Gasteiger partial charge in [0.05, 0.1) is 0 Å². The number of carboxylic acids is 1. The van der Waals surface area contributed by atoms with E-state index >= 15 is 0 Å². The monoisotopic (exact) mass is 244 g/mol. The second-order valence-electron chi connectivity index (χ2n) is 4.69. The fraction of sp³-hybridized carbons (Fsp3) is 0.833. The van der Waals surface area contributed by atoms with E-state index in [0.717, 1.165) is 12.8 Å². The lowest BCUT2D eigenvalue weighted by Crippen LogP contribution is -2.53. The van der Waals surface area contributed by atoms with Gasteiger partial charge in [0, 0.05) is 12.5 Å². The minimum Gasteiger partial charge on any atom is -0.480 e. The van der Waals surface area contributed by atoms with E-state index in [4.69, 9.17) is 10.8 Å². The molecule has 0 spiro atoms. The number of carbonyl (C=O) groups excluding carboxylic acids is 1. The highest BCUT2D eigenvalue weighted by molar-refractivity contribution is 5.86. The van der Waals surface area contributed by atoms with E-state index in [1.165, 1.54) is 6.92 Å². The van der Waals surface area contributed by atoms with E-state index < -0.39 is 11.5 Å². The molecule has 0 aliphatic heterocycles. The number of carbonyl (C=O) groups is 2. The van der Waals surface area contributed by atoms with Crippen LogP contribution in [0.25, 0.3) is 0 Å². The molecule has 5 heteroatoms. The Kier molecular flexibility index (Phi) is 6.80. The largest absolute Gasteiger partial charge is 0.480 e. The van der Waals surface area contributed by atoms with Crippen LogP contribution in [-0.4, -0.2) is 28.6 Å². The van der Waals surface area contributed by atoms with Gasteiger partial charge in [-0.2, -0.15) is 0 Å². The second kappa shape index (κ2) is 7.27. The molecule has 5 nitrogen and oxygen atoms in total. The Balaban J connectivity index is 4.36. The highest BCUT2D eigenvalue weighted by atomic mass is 16.4. The first kappa shape index (κ1) is 15.9. The summed E-state index contributed by atoms with van der Waals surface area (Å²) >= 11 is 0. The number of hydrogen-bond acceptors (Lipinski definition) is 3. The van der Waals surface area contributed by atoms with Crippen molar-refractivity contribution >= 4 is 11.9 Å². The van der Waals surface area contributed by atoms with Gasteiger partial charge in [0.25, 0.3) is 0 Å². The number of amides is 1. The summed E-state index contributed by atoms with van der Waals surface area (Å²) in [6, 6.07) is -0.195. The molecule has 0 fully saturated rings. The van der Waals surface area contributed by atoms with Crippen LogP contribution in [0.3, 0.4) is 0 Å². The zero-order valence-electron chi connectivity index (χ0n) is 11.0. The zero-order chi connectivity index (χ0) is 13.5. The molecule has 0 rings (SSSR count). The molecule has 0 bridgehead atoms. The molecule has 2 atom stereocenters. The van der Waals surface area contributed by atoms with Gasteiger partial charge in [-0.1, -0.05) is 26.7 Å². The summed E-state index contributed by atoms with van der Waals surface area (Å²) in [4.78, 5) is 22.8. The molecule has 0 aromatic heterocycles. The van der Waals surface area contributed by atoms with Gasteiger partial charge in [-0.3, -0.25) is 4.79 Å². The van der Waals surface area contributed by atoms with E-state index in [1.807, 2.05) is 13.8 Å². The van der Waals surface area contributed by atoms with Crippen molar-refractivity contribution in [1.29, 1.82) is 0 Å². The summed E-state index contributed by atoms with van der Waals surface area (Å²) in [5, 5.41) is 11.7. The van der Waals surface area contributed by atoms with Crippen LogP contribution in [0, 0.1) is 0 Å². The summed E-state index contributed by atoms with van der Waals surface area (Å²) in [5.74, 6) is -1.29. The van der Waals surface area contributed by atoms with Crippen molar-refractivity contribution in [3.63, 3.8) is 0 Å². The van der Waals surface area contributed by atoms with Crippen molar-refractivity contribution in [3.8, 4) is 0 Å². The third-order valence-corrected chi connectivity index (χ3v) is 2.74. The highest BCUT2D eigenvalue weighted by Crippen LogP contribution is 2.13. The molecule has 4 N–H and O–H groups in total. The van der Waals surface area contributed by atoms with Gasteiger partial charge < -0.3 is 16.2 Å². The third kappa shape index (κ3) is 5.68. The average molecular weight is 244 g/mol. The predicted octanol–water partition coefficient (Wildman–Crippen LogP) is 1.26. The van der Waals surface area contributed by atoms with Gasteiger partial charge in [-0.25, -0.2) is 4.79 Å². The van der Waals surface area contributed by atoms with E-state index in [9.17, 15) is 9.59 Å². The lowest BCUT2D eigenvalue weighted by atomic mass is 9.95. The van der Waals surface area contributed by atoms with E-state index in [-0.39, 0.29) is 18.4 Å². The Morgan fingerprint density at radius 1 is 1.35 bits per heavy atom. The molecule has 0 saturated carbocycles. The number of carboxylic acid groups (broad SMARTS) is 1. The van der Waals surface area contributed by atoms with Crippen LogP contribution in [0.1, 0.15) is 52.9 Å². The van der Waals surface area contributed by atoms with Gasteiger partial charge in [0.1, 0.15) is 5.54 Å². The van der Waals surface area contributed by atoms with Crippen molar-refractivity contribution in [2.75, 3.05) is 0 Å². The minimum atomic E-state index is -1.18. The minimum absolute atomic E-state index is 0.181. The van der Waals surface area contributed by atoms with Crippen molar-refractivity contribution < 1.29 is 14.7 Å². The normalized spacial score (nSPS) is 16.0. The first-order valence-electron chi connectivity index (χ1n) is 6.15. The molecule has 0 aromatic rings. The first-order chi connectivity index (χ1) is 7.85. The van der Waals surface area contributed by atoms with E-state index in [2.05, 4.69) is 5.32 Å². The fourth-order valence-electron chi connectivity index (χ4n) is 1.79. The lowest BCUT2D eigenvalue weighted by molar-refractivity contribution is -0.147. The second-order valence-corrected chi connectivity index (χ2v) is 4.69. The van der Waals surface area contributed by atoms with Crippen LogP contribution in [0.2, 0.25) is 0 Å². The van der Waals surface area contributed by atoms with Crippen molar-refractivity contribution in [1.82, 2.24) is 5.32 Å². The first-order valence-corrected chi connectivity index (χ1v) is 6.15. The Labute approximate surface area is 103 Å².